The third kappa shape index (κ3) is 1.12. The molecule has 23 heavy (non-hydrogen) atoms. The lowest BCUT2D eigenvalue weighted by Gasteiger charge is -2.58. The third-order valence-electron chi connectivity index (χ3n) is 6.66. The highest BCUT2D eigenvalue weighted by molar-refractivity contribution is 5.64. The second-order valence-electron chi connectivity index (χ2n) is 7.24. The zero-order chi connectivity index (χ0) is 15.4. The molecule has 2 aliphatic carbocycles. The molecule has 1 aromatic carbocycles. The smallest absolute Gasteiger partial charge is 0.165 e. The minimum atomic E-state index is -0.560. The number of aromatic hydroxyl groups is 1. The number of phenolic OH excluding ortho intramolecular Hbond substituents is 1. The monoisotopic (exact) mass is 315 g/mol. The Morgan fingerprint density at radius 1 is 1.35 bits per heavy atom. The number of nitrogens with zero attached hydrogens (tertiary/aromatic N) is 1. The highest BCUT2D eigenvalue weighted by atomic mass is 17.1. The maximum absolute atomic E-state index is 10.3. The molecule has 3 aliphatic heterocycles. The van der Waals surface area contributed by atoms with Gasteiger partial charge in [-0.25, -0.2) is 4.89 Å². The summed E-state index contributed by atoms with van der Waals surface area (Å²) in [4.78, 5) is 7.10. The van der Waals surface area contributed by atoms with Crippen LogP contribution < -0.4 is 4.74 Å². The van der Waals surface area contributed by atoms with Crippen molar-refractivity contribution in [3.63, 3.8) is 0 Å². The van der Waals surface area contributed by atoms with Gasteiger partial charge in [0, 0.05) is 18.2 Å². The molecule has 6 nitrogen and oxygen atoms in total. The van der Waals surface area contributed by atoms with Crippen LogP contribution in [0.25, 0.3) is 0 Å². The Kier molecular flexibility index (Phi) is 2.07. The van der Waals surface area contributed by atoms with Crippen LogP contribution in [0.4, 0.5) is 0 Å². The molecule has 120 valence electrons. The highest BCUT2D eigenvalue weighted by Crippen LogP contribution is 2.66. The number of rotatable bonds is 1. The van der Waals surface area contributed by atoms with E-state index in [2.05, 4.69) is 11.0 Å². The average Bonchev–Trinajstić information content (AvgIpc) is 3.02. The standard InChI is InChI=1S/C17H17NO5/c19-10-2-1-9-7-12-17-4-3-11(23-20)15-16(17,13(9)14(10)22-15)5-6-18(12)8-21-17/h1-4,11-12,15,19-20H,5-8H2/t11?,12-,15+,16+,17-/m1/s1. The molecule has 1 aromatic rings. The molecule has 2 spiro atoms. The van der Waals surface area contributed by atoms with Gasteiger partial charge in [-0.05, 0) is 30.5 Å². The summed E-state index contributed by atoms with van der Waals surface area (Å²) >= 11 is 0. The fourth-order valence-electron chi connectivity index (χ4n) is 5.83. The minimum absolute atomic E-state index is 0.151. The molecule has 3 heterocycles. The second kappa shape index (κ2) is 3.72. The summed E-state index contributed by atoms with van der Waals surface area (Å²) in [7, 11) is 0. The van der Waals surface area contributed by atoms with E-state index < -0.39 is 17.1 Å². The Hall–Kier alpha value is -1.60. The van der Waals surface area contributed by atoms with Crippen LogP contribution >= 0.6 is 0 Å². The van der Waals surface area contributed by atoms with Crippen molar-refractivity contribution in [3.05, 3.63) is 35.4 Å². The molecular weight excluding hydrogens is 298 g/mol. The van der Waals surface area contributed by atoms with E-state index in [-0.39, 0.29) is 17.9 Å². The van der Waals surface area contributed by atoms with E-state index >= 15 is 0 Å². The zero-order valence-electron chi connectivity index (χ0n) is 12.4. The van der Waals surface area contributed by atoms with E-state index in [9.17, 15) is 10.4 Å². The first kappa shape index (κ1) is 12.8. The van der Waals surface area contributed by atoms with E-state index in [0.717, 1.165) is 24.9 Å². The van der Waals surface area contributed by atoms with Crippen molar-refractivity contribution < 1.29 is 24.7 Å². The Bertz CT molecular complexity index is 764. The molecule has 2 saturated heterocycles. The van der Waals surface area contributed by atoms with Gasteiger partial charge in [0.15, 0.2) is 11.5 Å². The molecule has 6 atom stereocenters. The Morgan fingerprint density at radius 3 is 3.13 bits per heavy atom. The first-order valence-corrected chi connectivity index (χ1v) is 8.11. The number of benzene rings is 1. The summed E-state index contributed by atoms with van der Waals surface area (Å²) < 4.78 is 12.5. The van der Waals surface area contributed by atoms with Crippen LogP contribution in [-0.4, -0.2) is 52.4 Å². The van der Waals surface area contributed by atoms with Crippen LogP contribution in [0.3, 0.4) is 0 Å². The topological polar surface area (TPSA) is 71.4 Å². The molecule has 5 aliphatic rings. The predicted molar refractivity (Wildman–Crippen MR) is 78.3 cm³/mol. The average molecular weight is 315 g/mol. The van der Waals surface area contributed by atoms with Gasteiger partial charge in [-0.3, -0.25) is 10.2 Å². The van der Waals surface area contributed by atoms with Gasteiger partial charge in [0.05, 0.1) is 5.41 Å². The van der Waals surface area contributed by atoms with E-state index in [4.69, 9.17) is 14.4 Å². The van der Waals surface area contributed by atoms with Crippen LogP contribution in [0.15, 0.2) is 24.3 Å². The summed E-state index contributed by atoms with van der Waals surface area (Å²) in [5.74, 6) is 0.693. The number of ether oxygens (including phenoxy) is 2. The van der Waals surface area contributed by atoms with Crippen molar-refractivity contribution >= 4 is 0 Å². The van der Waals surface area contributed by atoms with E-state index in [1.54, 1.807) is 6.07 Å². The van der Waals surface area contributed by atoms with Gasteiger partial charge in [-0.15, -0.1) is 0 Å². The summed E-state index contributed by atoms with van der Waals surface area (Å²) in [6.45, 7) is 1.54. The van der Waals surface area contributed by atoms with Gasteiger partial charge in [-0.2, -0.15) is 0 Å². The van der Waals surface area contributed by atoms with Crippen molar-refractivity contribution in [2.24, 2.45) is 0 Å². The van der Waals surface area contributed by atoms with Crippen LogP contribution in [0, 0.1) is 0 Å². The van der Waals surface area contributed by atoms with Crippen molar-refractivity contribution in [1.29, 1.82) is 0 Å². The highest BCUT2D eigenvalue weighted by Gasteiger charge is 2.75. The maximum Gasteiger partial charge on any atom is 0.165 e. The summed E-state index contributed by atoms with van der Waals surface area (Å²) in [5.41, 5.74) is 1.40. The summed E-state index contributed by atoms with van der Waals surface area (Å²) in [5, 5.41) is 19.7. The molecule has 0 amide bonds. The molecular formula is C17H17NO5. The lowest BCUT2D eigenvalue weighted by atomic mass is 9.51. The molecule has 0 saturated carbocycles. The number of hydrogen-bond donors (Lipinski definition) is 2. The fraction of sp³-hybridized carbons (Fsp3) is 0.529. The Labute approximate surface area is 132 Å². The number of piperidine rings is 1. The van der Waals surface area contributed by atoms with Crippen molar-refractivity contribution in [1.82, 2.24) is 4.90 Å². The zero-order valence-corrected chi connectivity index (χ0v) is 12.4. The molecule has 6 rings (SSSR count). The van der Waals surface area contributed by atoms with Crippen LogP contribution in [0.2, 0.25) is 0 Å². The lowest BCUT2D eigenvalue weighted by Crippen LogP contribution is -2.72. The maximum atomic E-state index is 10.3. The van der Waals surface area contributed by atoms with Gasteiger partial charge in [0.1, 0.15) is 24.5 Å². The predicted octanol–water partition coefficient (Wildman–Crippen LogP) is 1.18. The van der Waals surface area contributed by atoms with Gasteiger partial charge >= 0.3 is 0 Å². The van der Waals surface area contributed by atoms with Crippen molar-refractivity contribution in [3.8, 4) is 11.5 Å². The molecule has 6 heteroatoms. The van der Waals surface area contributed by atoms with Crippen molar-refractivity contribution in [2.45, 2.75) is 42.1 Å². The molecule has 2 unspecified atom stereocenters. The van der Waals surface area contributed by atoms with Gasteiger partial charge in [0.25, 0.3) is 0 Å². The number of phenols is 1. The largest absolute Gasteiger partial charge is 0.504 e. The van der Waals surface area contributed by atoms with Gasteiger partial charge in [0.2, 0.25) is 0 Å². The fourth-order valence-corrected chi connectivity index (χ4v) is 5.83. The SMILES string of the molecule is OOC1C=C[C@]23OCN4CC[C@@]25c2c(ccc(O)c2O[C@@H]15)C[C@@H]43. The van der Waals surface area contributed by atoms with Crippen LogP contribution in [0.5, 0.6) is 11.5 Å². The Morgan fingerprint density at radius 2 is 2.26 bits per heavy atom. The van der Waals surface area contributed by atoms with E-state index in [0.29, 0.717) is 12.5 Å². The van der Waals surface area contributed by atoms with E-state index in [1.165, 1.54) is 5.56 Å². The molecule has 2 N–H and O–H groups in total. The van der Waals surface area contributed by atoms with Crippen LogP contribution in [0.1, 0.15) is 17.5 Å². The normalized spacial score (nSPS) is 47.3. The quantitative estimate of drug-likeness (QED) is 0.461. The Balaban J connectivity index is 1.73. The second-order valence-corrected chi connectivity index (χ2v) is 7.24. The van der Waals surface area contributed by atoms with Gasteiger partial charge in [-0.1, -0.05) is 12.1 Å². The molecule has 0 radical (unpaired) electrons. The third-order valence-corrected chi connectivity index (χ3v) is 6.66. The number of hydrogen-bond acceptors (Lipinski definition) is 6. The van der Waals surface area contributed by atoms with Crippen molar-refractivity contribution in [2.75, 3.05) is 13.3 Å². The lowest BCUT2D eigenvalue weighted by molar-refractivity contribution is -0.292. The van der Waals surface area contributed by atoms with Crippen LogP contribution in [-0.2, 0) is 21.5 Å². The van der Waals surface area contributed by atoms with Gasteiger partial charge < -0.3 is 14.6 Å². The molecule has 2 fully saturated rings. The first-order valence-electron chi connectivity index (χ1n) is 8.11. The molecule has 0 aromatic heterocycles. The van der Waals surface area contributed by atoms with E-state index in [1.807, 2.05) is 12.1 Å². The first-order chi connectivity index (χ1) is 11.2. The summed E-state index contributed by atoms with van der Waals surface area (Å²) in [6.07, 6.45) is 4.72. The molecule has 4 bridgehead atoms. The summed E-state index contributed by atoms with van der Waals surface area (Å²) in [6, 6.07) is 3.97. The minimum Gasteiger partial charge on any atom is -0.504 e.